The third-order valence-corrected chi connectivity index (χ3v) is 4.65. The molecule has 2 aromatic rings. The van der Waals surface area contributed by atoms with Crippen molar-refractivity contribution in [2.45, 2.75) is 27.7 Å². The van der Waals surface area contributed by atoms with Gasteiger partial charge in [0.15, 0.2) is 0 Å². The Balaban J connectivity index is 1.80. The normalized spacial score (nSPS) is 10.8. The molecule has 160 valence electrons. The molecule has 4 N–H and O–H groups in total. The molecule has 0 aliphatic heterocycles. The molecule has 3 amide bonds. The van der Waals surface area contributed by atoms with E-state index in [1.54, 1.807) is 49.4 Å². The van der Waals surface area contributed by atoms with Crippen molar-refractivity contribution in [1.82, 2.24) is 5.32 Å². The van der Waals surface area contributed by atoms with Crippen LogP contribution in [0.2, 0.25) is 5.02 Å². The minimum atomic E-state index is -0.506. The fourth-order valence-electron chi connectivity index (χ4n) is 2.39. The highest BCUT2D eigenvalue weighted by Gasteiger charge is 2.21. The largest absolute Gasteiger partial charge is 0.376 e. The number of anilines is 3. The molecule has 0 saturated carbocycles. The standard InChI is InChI=1S/C22H27ClN4O3/c1-14-17(23)9-6-10-18(14)27-20(29)13-25-19(28)12-24-15-7-5-8-16(11-15)26-21(30)22(2,3)4/h5-11,24H,12-13H2,1-4H3,(H,25,28)(H,26,30)(H,27,29). The molecular weight excluding hydrogens is 404 g/mol. The first-order chi connectivity index (χ1) is 14.1. The molecule has 0 aliphatic rings. The summed E-state index contributed by atoms with van der Waals surface area (Å²) in [5, 5.41) is 11.6. The Kier molecular flexibility index (Phi) is 7.83. The van der Waals surface area contributed by atoms with Crippen LogP contribution < -0.4 is 21.3 Å². The van der Waals surface area contributed by atoms with E-state index in [2.05, 4.69) is 21.3 Å². The van der Waals surface area contributed by atoms with Crippen LogP contribution in [0.4, 0.5) is 17.1 Å². The van der Waals surface area contributed by atoms with E-state index in [9.17, 15) is 14.4 Å². The van der Waals surface area contributed by atoms with Crippen molar-refractivity contribution in [3.63, 3.8) is 0 Å². The van der Waals surface area contributed by atoms with E-state index in [1.165, 1.54) is 0 Å². The van der Waals surface area contributed by atoms with Crippen LogP contribution in [-0.4, -0.2) is 30.8 Å². The summed E-state index contributed by atoms with van der Waals surface area (Å²) in [4.78, 5) is 36.2. The van der Waals surface area contributed by atoms with Crippen molar-refractivity contribution in [2.24, 2.45) is 5.41 Å². The lowest BCUT2D eigenvalue weighted by atomic mass is 9.95. The molecule has 0 unspecified atom stereocenters. The number of halogens is 1. The van der Waals surface area contributed by atoms with Crippen LogP contribution >= 0.6 is 11.6 Å². The van der Waals surface area contributed by atoms with Gasteiger partial charge in [0.2, 0.25) is 17.7 Å². The van der Waals surface area contributed by atoms with Gasteiger partial charge >= 0.3 is 0 Å². The number of nitrogens with one attached hydrogen (secondary N) is 4. The number of benzene rings is 2. The van der Waals surface area contributed by atoms with E-state index in [4.69, 9.17) is 11.6 Å². The molecular formula is C22H27ClN4O3. The van der Waals surface area contributed by atoms with Crippen molar-refractivity contribution >= 4 is 46.4 Å². The van der Waals surface area contributed by atoms with E-state index in [-0.39, 0.29) is 30.8 Å². The molecule has 0 fully saturated rings. The van der Waals surface area contributed by atoms with Crippen LogP contribution in [0.3, 0.4) is 0 Å². The Morgan fingerprint density at radius 3 is 2.27 bits per heavy atom. The van der Waals surface area contributed by atoms with E-state index in [1.807, 2.05) is 20.8 Å². The van der Waals surface area contributed by atoms with Crippen LogP contribution in [-0.2, 0) is 14.4 Å². The number of amides is 3. The van der Waals surface area contributed by atoms with Gasteiger partial charge in [-0.1, -0.05) is 44.5 Å². The van der Waals surface area contributed by atoms with Gasteiger partial charge in [0.05, 0.1) is 13.1 Å². The Morgan fingerprint density at radius 2 is 1.57 bits per heavy atom. The number of carbonyl (C=O) groups is 3. The van der Waals surface area contributed by atoms with Crippen molar-refractivity contribution in [3.8, 4) is 0 Å². The summed E-state index contributed by atoms with van der Waals surface area (Å²) >= 11 is 6.03. The highest BCUT2D eigenvalue weighted by atomic mass is 35.5. The van der Waals surface area contributed by atoms with Crippen LogP contribution in [0.15, 0.2) is 42.5 Å². The Labute approximate surface area is 181 Å². The molecule has 0 bridgehead atoms. The molecule has 7 nitrogen and oxygen atoms in total. The van der Waals surface area contributed by atoms with Gasteiger partial charge in [-0.2, -0.15) is 0 Å². The molecule has 0 radical (unpaired) electrons. The second kappa shape index (κ2) is 10.1. The van der Waals surface area contributed by atoms with Crippen molar-refractivity contribution in [2.75, 3.05) is 29.0 Å². The van der Waals surface area contributed by atoms with Gasteiger partial charge in [0, 0.05) is 27.5 Å². The summed E-state index contributed by atoms with van der Waals surface area (Å²) in [6, 6.07) is 12.3. The number of rotatable bonds is 7. The highest BCUT2D eigenvalue weighted by Crippen LogP contribution is 2.23. The van der Waals surface area contributed by atoms with E-state index in [0.717, 1.165) is 5.56 Å². The van der Waals surface area contributed by atoms with E-state index >= 15 is 0 Å². The average molecular weight is 431 g/mol. The second-order valence-corrected chi connectivity index (χ2v) is 8.28. The summed E-state index contributed by atoms with van der Waals surface area (Å²) in [5.74, 6) is -0.781. The molecule has 0 heterocycles. The van der Waals surface area contributed by atoms with E-state index < -0.39 is 5.41 Å². The van der Waals surface area contributed by atoms with Crippen LogP contribution in [0.25, 0.3) is 0 Å². The molecule has 2 rings (SSSR count). The SMILES string of the molecule is Cc1c(Cl)cccc1NC(=O)CNC(=O)CNc1cccc(NC(=O)C(C)(C)C)c1. The predicted octanol–water partition coefficient (Wildman–Crippen LogP) is 3.80. The molecule has 0 spiro atoms. The first kappa shape index (κ1) is 23.2. The summed E-state index contributed by atoms with van der Waals surface area (Å²) < 4.78 is 0. The first-order valence-electron chi connectivity index (χ1n) is 9.53. The zero-order valence-electron chi connectivity index (χ0n) is 17.6. The first-order valence-corrected chi connectivity index (χ1v) is 9.91. The smallest absolute Gasteiger partial charge is 0.243 e. The van der Waals surface area contributed by atoms with Crippen LogP contribution in [0.5, 0.6) is 0 Å². The average Bonchev–Trinajstić information content (AvgIpc) is 2.68. The van der Waals surface area contributed by atoms with Gasteiger partial charge in [0.25, 0.3) is 0 Å². The Hall–Kier alpha value is -3.06. The minimum Gasteiger partial charge on any atom is -0.376 e. The number of carbonyl (C=O) groups excluding carboxylic acids is 3. The minimum absolute atomic E-state index is 0.0137. The Bertz CT molecular complexity index is 938. The van der Waals surface area contributed by atoms with Gasteiger partial charge < -0.3 is 21.3 Å². The lowest BCUT2D eigenvalue weighted by Gasteiger charge is -2.18. The summed E-state index contributed by atoms with van der Waals surface area (Å²) in [7, 11) is 0. The number of hydrogen-bond donors (Lipinski definition) is 4. The number of hydrogen-bond acceptors (Lipinski definition) is 4. The van der Waals surface area contributed by atoms with Crippen LogP contribution in [0.1, 0.15) is 26.3 Å². The Morgan fingerprint density at radius 1 is 0.900 bits per heavy atom. The fourth-order valence-corrected chi connectivity index (χ4v) is 2.56. The van der Waals surface area contributed by atoms with Gasteiger partial charge in [-0.05, 0) is 42.8 Å². The topological polar surface area (TPSA) is 99.3 Å². The second-order valence-electron chi connectivity index (χ2n) is 7.88. The van der Waals surface area contributed by atoms with Crippen molar-refractivity contribution < 1.29 is 14.4 Å². The zero-order chi connectivity index (χ0) is 22.3. The molecule has 30 heavy (non-hydrogen) atoms. The third-order valence-electron chi connectivity index (χ3n) is 4.24. The third kappa shape index (κ3) is 7.08. The molecule has 0 aliphatic carbocycles. The summed E-state index contributed by atoms with van der Waals surface area (Å²) in [5.41, 5.74) is 2.17. The fraction of sp³-hybridized carbons (Fsp3) is 0.318. The molecule has 0 aromatic heterocycles. The van der Waals surface area contributed by atoms with Gasteiger partial charge in [-0.25, -0.2) is 0 Å². The molecule has 0 atom stereocenters. The van der Waals surface area contributed by atoms with Crippen LogP contribution in [0, 0.1) is 12.3 Å². The maximum atomic E-state index is 12.1. The molecule has 0 saturated heterocycles. The predicted molar refractivity (Wildman–Crippen MR) is 121 cm³/mol. The van der Waals surface area contributed by atoms with Crippen molar-refractivity contribution in [3.05, 3.63) is 53.1 Å². The van der Waals surface area contributed by atoms with E-state index in [0.29, 0.717) is 22.1 Å². The maximum absolute atomic E-state index is 12.1. The summed E-state index contributed by atoms with van der Waals surface area (Å²) in [6.07, 6.45) is 0. The van der Waals surface area contributed by atoms with Gasteiger partial charge in [-0.15, -0.1) is 0 Å². The molecule has 8 heteroatoms. The van der Waals surface area contributed by atoms with Gasteiger partial charge in [-0.3, -0.25) is 14.4 Å². The zero-order valence-corrected chi connectivity index (χ0v) is 18.3. The lowest BCUT2D eigenvalue weighted by molar-refractivity contribution is -0.123. The summed E-state index contributed by atoms with van der Waals surface area (Å²) in [6.45, 7) is 7.13. The van der Waals surface area contributed by atoms with Gasteiger partial charge in [0.1, 0.15) is 0 Å². The molecule has 2 aromatic carbocycles. The quantitative estimate of drug-likeness (QED) is 0.536. The maximum Gasteiger partial charge on any atom is 0.243 e. The van der Waals surface area contributed by atoms with Crippen molar-refractivity contribution in [1.29, 1.82) is 0 Å². The lowest BCUT2D eigenvalue weighted by Crippen LogP contribution is -2.36. The monoisotopic (exact) mass is 430 g/mol. The highest BCUT2D eigenvalue weighted by molar-refractivity contribution is 6.31.